The first-order valence-corrected chi connectivity index (χ1v) is 5.31. The van der Waals surface area contributed by atoms with Crippen molar-refractivity contribution in [2.24, 2.45) is 0 Å². The molecule has 0 bridgehead atoms. The molecular weight excluding hydrogens is 170 g/mol. The van der Waals surface area contributed by atoms with Gasteiger partial charge in [0.05, 0.1) is 0 Å². The number of benzene rings is 1. The Morgan fingerprint density at radius 3 is 3.07 bits per heavy atom. The number of nitrogens with zero attached hydrogens (tertiary/aromatic N) is 1. The first-order valence-electron chi connectivity index (χ1n) is 5.31. The van der Waals surface area contributed by atoms with Crippen LogP contribution in [0.1, 0.15) is 29.9 Å². The van der Waals surface area contributed by atoms with Crippen LogP contribution in [0.15, 0.2) is 30.0 Å². The zero-order valence-electron chi connectivity index (χ0n) is 8.75. The molecule has 1 aromatic carbocycles. The molecule has 0 radical (unpaired) electrons. The van der Waals surface area contributed by atoms with Crippen LogP contribution in [-0.4, -0.2) is 7.05 Å². The highest BCUT2D eigenvalue weighted by Crippen LogP contribution is 2.48. The molecule has 3 rings (SSSR count). The molecule has 1 heteroatoms. The van der Waals surface area contributed by atoms with Gasteiger partial charge < -0.3 is 4.90 Å². The molecule has 0 fully saturated rings. The molecule has 1 aliphatic heterocycles. The van der Waals surface area contributed by atoms with Crippen molar-refractivity contribution in [1.29, 1.82) is 0 Å². The summed E-state index contributed by atoms with van der Waals surface area (Å²) in [6, 6.07) is 6.83. The molecule has 1 heterocycles. The van der Waals surface area contributed by atoms with Crippen molar-refractivity contribution in [1.82, 2.24) is 0 Å². The number of aryl methyl sites for hydroxylation is 1. The fourth-order valence-electron chi connectivity index (χ4n) is 2.75. The van der Waals surface area contributed by atoms with E-state index in [2.05, 4.69) is 43.1 Å². The van der Waals surface area contributed by atoms with Crippen LogP contribution in [0.25, 0.3) is 0 Å². The van der Waals surface area contributed by atoms with E-state index in [0.717, 1.165) is 0 Å². The van der Waals surface area contributed by atoms with E-state index in [1.807, 2.05) is 0 Å². The van der Waals surface area contributed by atoms with E-state index in [4.69, 9.17) is 0 Å². The van der Waals surface area contributed by atoms with Crippen molar-refractivity contribution >= 4 is 5.69 Å². The minimum atomic E-state index is 0.690. The normalized spacial score (nSPS) is 23.4. The lowest BCUT2D eigenvalue weighted by Crippen LogP contribution is -2.10. The first kappa shape index (κ1) is 8.10. The number of likely N-dealkylation sites (N-methyl/N-ethyl adjacent to an activating group) is 1. The van der Waals surface area contributed by atoms with Crippen LogP contribution < -0.4 is 4.90 Å². The summed E-state index contributed by atoms with van der Waals surface area (Å²) >= 11 is 0. The Bertz CT molecular complexity index is 417. The smallest absolute Gasteiger partial charge is 0.0447 e. The van der Waals surface area contributed by atoms with Crippen LogP contribution in [0.2, 0.25) is 0 Å². The highest BCUT2D eigenvalue weighted by atomic mass is 15.1. The molecule has 1 unspecified atom stereocenters. The van der Waals surface area contributed by atoms with Crippen LogP contribution in [0.5, 0.6) is 0 Å². The van der Waals surface area contributed by atoms with Crippen LogP contribution in [0, 0.1) is 6.92 Å². The third-order valence-corrected chi connectivity index (χ3v) is 3.48. The second-order valence-electron chi connectivity index (χ2n) is 4.38. The summed E-state index contributed by atoms with van der Waals surface area (Å²) in [7, 11) is 2.19. The van der Waals surface area contributed by atoms with E-state index in [-0.39, 0.29) is 0 Å². The third kappa shape index (κ3) is 0.899. The van der Waals surface area contributed by atoms with Crippen molar-refractivity contribution < 1.29 is 0 Å². The summed E-state index contributed by atoms with van der Waals surface area (Å²) in [5.41, 5.74) is 5.82. The number of allylic oxidation sites excluding steroid dienone is 2. The van der Waals surface area contributed by atoms with E-state index in [9.17, 15) is 0 Å². The molecule has 1 aromatic rings. The average molecular weight is 185 g/mol. The van der Waals surface area contributed by atoms with Gasteiger partial charge in [-0.15, -0.1) is 0 Å². The second kappa shape index (κ2) is 2.63. The molecule has 0 spiro atoms. The Labute approximate surface area is 85.0 Å². The van der Waals surface area contributed by atoms with Gasteiger partial charge in [-0.25, -0.2) is 0 Å². The van der Waals surface area contributed by atoms with Gasteiger partial charge >= 0.3 is 0 Å². The van der Waals surface area contributed by atoms with Crippen molar-refractivity contribution in [2.75, 3.05) is 11.9 Å². The standard InChI is InChI=1S/C13H15N/c1-9-6-7-11-10-4-3-5-12(10)14(2)13(11)8-9/h5-8,10H,3-4H2,1-2H3. The minimum absolute atomic E-state index is 0.690. The van der Waals surface area contributed by atoms with Crippen LogP contribution in [-0.2, 0) is 0 Å². The molecule has 0 aromatic heterocycles. The van der Waals surface area contributed by atoms with Gasteiger partial charge in [-0.3, -0.25) is 0 Å². The molecule has 1 atom stereocenters. The number of rotatable bonds is 0. The number of anilines is 1. The Kier molecular flexibility index (Phi) is 1.52. The Hall–Kier alpha value is -1.24. The van der Waals surface area contributed by atoms with Gasteiger partial charge in [-0.2, -0.15) is 0 Å². The van der Waals surface area contributed by atoms with Crippen LogP contribution in [0.4, 0.5) is 5.69 Å². The lowest BCUT2D eigenvalue weighted by molar-refractivity contribution is 0.787. The number of hydrogen-bond acceptors (Lipinski definition) is 1. The van der Waals surface area contributed by atoms with E-state index >= 15 is 0 Å². The summed E-state index contributed by atoms with van der Waals surface area (Å²) in [5.74, 6) is 0.690. The molecule has 0 N–H and O–H groups in total. The third-order valence-electron chi connectivity index (χ3n) is 3.48. The van der Waals surface area contributed by atoms with Crippen molar-refractivity contribution in [3.05, 3.63) is 41.1 Å². The lowest BCUT2D eigenvalue weighted by Gasteiger charge is -2.14. The summed E-state index contributed by atoms with van der Waals surface area (Å²) in [6.07, 6.45) is 4.94. The zero-order chi connectivity index (χ0) is 9.71. The Morgan fingerprint density at radius 1 is 1.36 bits per heavy atom. The zero-order valence-corrected chi connectivity index (χ0v) is 8.75. The van der Waals surface area contributed by atoms with E-state index in [1.165, 1.54) is 35.4 Å². The first-order chi connectivity index (χ1) is 6.77. The van der Waals surface area contributed by atoms with Gasteiger partial charge in [-0.1, -0.05) is 18.2 Å². The molecule has 2 aliphatic rings. The molecular formula is C13H15N. The average Bonchev–Trinajstić information content (AvgIpc) is 2.72. The predicted octanol–water partition coefficient (Wildman–Crippen LogP) is 3.21. The monoisotopic (exact) mass is 185 g/mol. The van der Waals surface area contributed by atoms with Crippen molar-refractivity contribution in [3.63, 3.8) is 0 Å². The molecule has 72 valence electrons. The van der Waals surface area contributed by atoms with E-state index in [1.54, 1.807) is 0 Å². The topological polar surface area (TPSA) is 3.24 Å². The summed E-state index contributed by atoms with van der Waals surface area (Å²) in [6.45, 7) is 2.16. The largest absolute Gasteiger partial charge is 0.348 e. The molecule has 0 saturated heterocycles. The minimum Gasteiger partial charge on any atom is -0.348 e. The summed E-state index contributed by atoms with van der Waals surface area (Å²) in [5, 5.41) is 0. The summed E-state index contributed by atoms with van der Waals surface area (Å²) in [4.78, 5) is 2.36. The van der Waals surface area contributed by atoms with Gasteiger partial charge in [0.2, 0.25) is 0 Å². The highest BCUT2D eigenvalue weighted by molar-refractivity contribution is 5.69. The van der Waals surface area contributed by atoms with E-state index in [0.29, 0.717) is 5.92 Å². The predicted molar refractivity (Wildman–Crippen MR) is 59.6 cm³/mol. The van der Waals surface area contributed by atoms with Crippen LogP contribution in [0.3, 0.4) is 0 Å². The maximum atomic E-state index is 2.39. The second-order valence-corrected chi connectivity index (χ2v) is 4.38. The van der Waals surface area contributed by atoms with Gasteiger partial charge in [0.25, 0.3) is 0 Å². The quantitative estimate of drug-likeness (QED) is 0.600. The lowest BCUT2D eigenvalue weighted by atomic mass is 9.98. The molecule has 0 amide bonds. The van der Waals surface area contributed by atoms with Crippen molar-refractivity contribution in [3.8, 4) is 0 Å². The number of fused-ring (bicyclic) bond motifs is 3. The molecule has 1 aliphatic carbocycles. The highest BCUT2D eigenvalue weighted by Gasteiger charge is 2.33. The Morgan fingerprint density at radius 2 is 2.21 bits per heavy atom. The van der Waals surface area contributed by atoms with Gasteiger partial charge in [0, 0.05) is 24.4 Å². The van der Waals surface area contributed by atoms with Gasteiger partial charge in [0.1, 0.15) is 0 Å². The fraction of sp³-hybridized carbons (Fsp3) is 0.385. The summed E-state index contributed by atoms with van der Waals surface area (Å²) < 4.78 is 0. The molecule has 1 nitrogen and oxygen atoms in total. The van der Waals surface area contributed by atoms with Crippen molar-refractivity contribution in [2.45, 2.75) is 25.7 Å². The fourth-order valence-corrected chi connectivity index (χ4v) is 2.75. The molecule has 14 heavy (non-hydrogen) atoms. The van der Waals surface area contributed by atoms with Gasteiger partial charge in [0.15, 0.2) is 0 Å². The van der Waals surface area contributed by atoms with Gasteiger partial charge in [-0.05, 0) is 37.0 Å². The Balaban J connectivity index is 2.20. The van der Waals surface area contributed by atoms with Crippen LogP contribution >= 0.6 is 0 Å². The maximum Gasteiger partial charge on any atom is 0.0447 e. The van der Waals surface area contributed by atoms with E-state index < -0.39 is 0 Å². The maximum absolute atomic E-state index is 2.39. The number of hydrogen-bond donors (Lipinski definition) is 0. The SMILES string of the molecule is Cc1ccc2c(c1)N(C)C1=CCCC12. The molecule has 0 saturated carbocycles.